The van der Waals surface area contributed by atoms with E-state index in [1.807, 2.05) is 6.92 Å². The Balaban J connectivity index is 2.28. The Morgan fingerprint density at radius 1 is 1.35 bits per heavy atom. The van der Waals surface area contributed by atoms with Crippen LogP contribution in [0.3, 0.4) is 0 Å². The molecule has 0 radical (unpaired) electrons. The molecule has 1 unspecified atom stereocenters. The van der Waals surface area contributed by atoms with E-state index in [1.54, 1.807) is 0 Å². The molecule has 0 aromatic carbocycles. The number of carbonyl (C=O) groups excluding carboxylic acids is 3. The zero-order valence-corrected chi connectivity index (χ0v) is 10.5. The number of amides is 3. The predicted octanol–water partition coefficient (Wildman–Crippen LogP) is 0.830. The summed E-state index contributed by atoms with van der Waals surface area (Å²) in [4.78, 5) is 35.3. The number of hydrogen-bond donors (Lipinski definition) is 1. The Morgan fingerprint density at radius 2 is 1.94 bits per heavy atom. The Kier molecular flexibility index (Phi) is 5.12. The van der Waals surface area contributed by atoms with Gasteiger partial charge >= 0.3 is 0 Å². The monoisotopic (exact) mass is 240 g/mol. The van der Waals surface area contributed by atoms with E-state index in [0.717, 1.165) is 12.8 Å². The predicted molar refractivity (Wildman–Crippen MR) is 63.1 cm³/mol. The molecule has 1 aliphatic rings. The van der Waals surface area contributed by atoms with Gasteiger partial charge in [0.15, 0.2) is 0 Å². The average Bonchev–Trinajstić information content (AvgIpc) is 2.56. The third kappa shape index (κ3) is 4.17. The SMILES string of the molecule is CCCC(C)NC(=O)CCN1C(=O)CCC1=O. The highest BCUT2D eigenvalue weighted by molar-refractivity contribution is 6.02. The van der Waals surface area contributed by atoms with Gasteiger partial charge in [0, 0.05) is 31.8 Å². The minimum atomic E-state index is -0.163. The van der Waals surface area contributed by atoms with Gasteiger partial charge in [0.25, 0.3) is 0 Å². The van der Waals surface area contributed by atoms with Crippen molar-refractivity contribution in [3.8, 4) is 0 Å². The summed E-state index contributed by atoms with van der Waals surface area (Å²) in [6, 6.07) is 0.150. The van der Waals surface area contributed by atoms with E-state index in [0.29, 0.717) is 0 Å². The third-order valence-electron chi connectivity index (χ3n) is 2.85. The smallest absolute Gasteiger partial charge is 0.229 e. The zero-order valence-electron chi connectivity index (χ0n) is 10.5. The van der Waals surface area contributed by atoms with Crippen LogP contribution < -0.4 is 5.32 Å². The largest absolute Gasteiger partial charge is 0.354 e. The maximum atomic E-state index is 11.5. The summed E-state index contributed by atoms with van der Waals surface area (Å²) in [6.07, 6.45) is 2.72. The van der Waals surface area contributed by atoms with Crippen molar-refractivity contribution in [1.29, 1.82) is 0 Å². The first-order chi connectivity index (χ1) is 8.04. The number of nitrogens with one attached hydrogen (secondary N) is 1. The molecule has 1 saturated heterocycles. The van der Waals surface area contributed by atoms with Crippen molar-refractivity contribution in [3.63, 3.8) is 0 Å². The van der Waals surface area contributed by atoms with Gasteiger partial charge in [-0.2, -0.15) is 0 Å². The molecule has 5 nitrogen and oxygen atoms in total. The summed E-state index contributed by atoms with van der Waals surface area (Å²) >= 11 is 0. The Hall–Kier alpha value is -1.39. The topological polar surface area (TPSA) is 66.5 Å². The number of imide groups is 1. The van der Waals surface area contributed by atoms with E-state index in [1.165, 1.54) is 4.90 Å². The lowest BCUT2D eigenvalue weighted by molar-refractivity contribution is -0.138. The molecule has 1 N–H and O–H groups in total. The maximum Gasteiger partial charge on any atom is 0.229 e. The van der Waals surface area contributed by atoms with E-state index in [9.17, 15) is 14.4 Å². The van der Waals surface area contributed by atoms with Gasteiger partial charge < -0.3 is 5.32 Å². The summed E-state index contributed by atoms with van der Waals surface area (Å²) in [7, 11) is 0. The molecule has 1 rings (SSSR count). The molecule has 0 aromatic heterocycles. The molecule has 3 amide bonds. The molecule has 0 aliphatic carbocycles. The van der Waals surface area contributed by atoms with Crippen molar-refractivity contribution in [2.24, 2.45) is 0 Å². The number of nitrogens with zero attached hydrogens (tertiary/aromatic N) is 1. The molecule has 1 heterocycles. The first kappa shape index (κ1) is 13.7. The van der Waals surface area contributed by atoms with Gasteiger partial charge in [-0.25, -0.2) is 0 Å². The minimum Gasteiger partial charge on any atom is -0.354 e. The van der Waals surface area contributed by atoms with Crippen LogP contribution in [0.5, 0.6) is 0 Å². The molecule has 1 atom stereocenters. The normalized spacial score (nSPS) is 17.4. The maximum absolute atomic E-state index is 11.5. The summed E-state index contributed by atoms with van der Waals surface area (Å²) in [5, 5.41) is 2.85. The second kappa shape index (κ2) is 6.37. The number of likely N-dealkylation sites (tertiary alicyclic amines) is 1. The third-order valence-corrected chi connectivity index (χ3v) is 2.85. The van der Waals surface area contributed by atoms with Gasteiger partial charge in [-0.3, -0.25) is 19.3 Å². The second-order valence-electron chi connectivity index (χ2n) is 4.45. The number of hydrogen-bond acceptors (Lipinski definition) is 3. The molecule has 0 aromatic rings. The quantitative estimate of drug-likeness (QED) is 0.699. The van der Waals surface area contributed by atoms with Crippen molar-refractivity contribution in [1.82, 2.24) is 10.2 Å². The van der Waals surface area contributed by atoms with E-state index < -0.39 is 0 Å². The molecule has 96 valence electrons. The highest BCUT2D eigenvalue weighted by Crippen LogP contribution is 2.11. The Labute approximate surface area is 102 Å². The standard InChI is InChI=1S/C12H20N2O3/c1-3-4-9(2)13-10(15)7-8-14-11(16)5-6-12(14)17/h9H,3-8H2,1-2H3,(H,13,15). The second-order valence-corrected chi connectivity index (χ2v) is 4.45. The van der Waals surface area contributed by atoms with Crippen molar-refractivity contribution >= 4 is 17.7 Å². The van der Waals surface area contributed by atoms with Gasteiger partial charge in [0.05, 0.1) is 0 Å². The summed E-state index contributed by atoms with van der Waals surface area (Å²) in [5.74, 6) is -0.424. The number of carbonyl (C=O) groups is 3. The van der Waals surface area contributed by atoms with Crippen LogP contribution in [0.15, 0.2) is 0 Å². The van der Waals surface area contributed by atoms with Crippen molar-refractivity contribution in [2.75, 3.05) is 6.54 Å². The van der Waals surface area contributed by atoms with Crippen LogP contribution in [0.1, 0.15) is 46.0 Å². The van der Waals surface area contributed by atoms with Crippen molar-refractivity contribution in [3.05, 3.63) is 0 Å². The van der Waals surface area contributed by atoms with Crippen LogP contribution >= 0.6 is 0 Å². The summed E-state index contributed by atoms with van der Waals surface area (Å²) in [5.41, 5.74) is 0. The fourth-order valence-electron chi connectivity index (χ4n) is 1.94. The molecular weight excluding hydrogens is 220 g/mol. The lowest BCUT2D eigenvalue weighted by Gasteiger charge is -2.15. The molecule has 0 spiro atoms. The molecule has 1 fully saturated rings. The molecule has 1 aliphatic heterocycles. The molecule has 0 bridgehead atoms. The number of rotatable bonds is 6. The minimum absolute atomic E-state index is 0.0987. The van der Waals surface area contributed by atoms with E-state index in [-0.39, 0.29) is 49.6 Å². The molecule has 5 heteroatoms. The average molecular weight is 240 g/mol. The summed E-state index contributed by atoms with van der Waals surface area (Å²) < 4.78 is 0. The highest BCUT2D eigenvalue weighted by atomic mass is 16.2. The van der Waals surface area contributed by atoms with Crippen molar-refractivity contribution in [2.45, 2.75) is 52.0 Å². The lowest BCUT2D eigenvalue weighted by Crippen LogP contribution is -2.37. The first-order valence-electron chi connectivity index (χ1n) is 6.17. The Morgan fingerprint density at radius 3 is 2.47 bits per heavy atom. The van der Waals surface area contributed by atoms with E-state index >= 15 is 0 Å². The van der Waals surface area contributed by atoms with Crippen LogP contribution in [0.4, 0.5) is 0 Å². The van der Waals surface area contributed by atoms with Gasteiger partial charge in [0.1, 0.15) is 0 Å². The fourth-order valence-corrected chi connectivity index (χ4v) is 1.94. The van der Waals surface area contributed by atoms with Crippen LogP contribution in [-0.4, -0.2) is 35.2 Å². The highest BCUT2D eigenvalue weighted by Gasteiger charge is 2.28. The van der Waals surface area contributed by atoms with Crippen LogP contribution in [0, 0.1) is 0 Å². The molecule has 17 heavy (non-hydrogen) atoms. The first-order valence-corrected chi connectivity index (χ1v) is 6.17. The Bertz CT molecular complexity index is 299. The molecular formula is C12H20N2O3. The van der Waals surface area contributed by atoms with Gasteiger partial charge in [0.2, 0.25) is 17.7 Å². The fraction of sp³-hybridized carbons (Fsp3) is 0.750. The van der Waals surface area contributed by atoms with E-state index in [4.69, 9.17) is 0 Å². The lowest BCUT2D eigenvalue weighted by atomic mass is 10.2. The van der Waals surface area contributed by atoms with E-state index in [2.05, 4.69) is 12.2 Å². The van der Waals surface area contributed by atoms with Crippen LogP contribution in [0.2, 0.25) is 0 Å². The van der Waals surface area contributed by atoms with Crippen molar-refractivity contribution < 1.29 is 14.4 Å². The zero-order chi connectivity index (χ0) is 12.8. The summed E-state index contributed by atoms with van der Waals surface area (Å²) in [6.45, 7) is 4.22. The van der Waals surface area contributed by atoms with Crippen LogP contribution in [0.25, 0.3) is 0 Å². The molecule has 0 saturated carbocycles. The van der Waals surface area contributed by atoms with Gasteiger partial charge in [-0.05, 0) is 13.3 Å². The van der Waals surface area contributed by atoms with Crippen LogP contribution in [-0.2, 0) is 14.4 Å². The van der Waals surface area contributed by atoms with Gasteiger partial charge in [-0.15, -0.1) is 0 Å². The van der Waals surface area contributed by atoms with Gasteiger partial charge in [-0.1, -0.05) is 13.3 Å².